The van der Waals surface area contributed by atoms with Crippen molar-refractivity contribution in [3.05, 3.63) is 33.8 Å². The van der Waals surface area contributed by atoms with Gasteiger partial charge in [0.05, 0.1) is 0 Å². The highest BCUT2D eigenvalue weighted by Crippen LogP contribution is 2.32. The van der Waals surface area contributed by atoms with E-state index in [1.165, 1.54) is 18.4 Å². The molecule has 0 aromatic heterocycles. The largest absolute Gasteiger partial charge is 0.444 e. The molecule has 0 N–H and O–H groups in total. The first kappa shape index (κ1) is 19.3. The van der Waals surface area contributed by atoms with Crippen LogP contribution >= 0.6 is 15.9 Å². The SMILES string of the molecule is CC(C)(C)OC(=O)N(Cc1cc(Br)cc(C(C)(C)C)c1)CC1CC1. The molecule has 24 heavy (non-hydrogen) atoms. The second-order valence-corrected chi connectivity index (χ2v) is 9.82. The number of rotatable bonds is 4. The average molecular weight is 396 g/mol. The minimum absolute atomic E-state index is 0.0752. The Morgan fingerprint density at radius 2 is 1.79 bits per heavy atom. The highest BCUT2D eigenvalue weighted by atomic mass is 79.9. The van der Waals surface area contributed by atoms with Crippen LogP contribution in [-0.4, -0.2) is 23.1 Å². The zero-order valence-corrected chi connectivity index (χ0v) is 17.4. The Morgan fingerprint density at radius 3 is 2.29 bits per heavy atom. The predicted molar refractivity (Wildman–Crippen MR) is 102 cm³/mol. The van der Waals surface area contributed by atoms with E-state index < -0.39 is 5.60 Å². The van der Waals surface area contributed by atoms with Crippen molar-refractivity contribution < 1.29 is 9.53 Å². The fourth-order valence-electron chi connectivity index (χ4n) is 2.54. The Bertz CT molecular complexity index is 595. The Morgan fingerprint density at radius 1 is 1.17 bits per heavy atom. The zero-order chi connectivity index (χ0) is 18.1. The van der Waals surface area contributed by atoms with E-state index in [-0.39, 0.29) is 11.5 Å². The molecule has 1 aromatic rings. The number of carbonyl (C=O) groups is 1. The number of carbonyl (C=O) groups excluding carboxylic acids is 1. The molecule has 0 unspecified atom stereocenters. The second-order valence-electron chi connectivity index (χ2n) is 8.90. The van der Waals surface area contributed by atoms with Crippen molar-refractivity contribution in [2.24, 2.45) is 5.92 Å². The zero-order valence-electron chi connectivity index (χ0n) is 15.8. The van der Waals surface area contributed by atoms with E-state index in [0.29, 0.717) is 12.5 Å². The van der Waals surface area contributed by atoms with Gasteiger partial charge in [-0.25, -0.2) is 4.79 Å². The highest BCUT2D eigenvalue weighted by molar-refractivity contribution is 9.10. The Labute approximate surface area is 154 Å². The van der Waals surface area contributed by atoms with E-state index in [9.17, 15) is 4.79 Å². The van der Waals surface area contributed by atoms with E-state index in [0.717, 1.165) is 16.6 Å². The van der Waals surface area contributed by atoms with Crippen molar-refractivity contribution in [3.8, 4) is 0 Å². The fraction of sp³-hybridized carbons (Fsp3) is 0.650. The molecule has 0 heterocycles. The molecule has 0 spiro atoms. The molecule has 1 saturated carbocycles. The molecular formula is C20H30BrNO2. The third-order valence-electron chi connectivity index (χ3n) is 4.02. The summed E-state index contributed by atoms with van der Waals surface area (Å²) in [7, 11) is 0. The standard InChI is InChI=1S/C20H30BrNO2/c1-19(2,3)16-9-15(10-17(21)11-16)13-22(12-14-7-8-14)18(23)24-20(4,5)6/h9-11,14H,7-8,12-13H2,1-6H3. The summed E-state index contributed by atoms with van der Waals surface area (Å²) in [6, 6.07) is 6.46. The molecule has 2 rings (SSSR count). The highest BCUT2D eigenvalue weighted by Gasteiger charge is 2.29. The van der Waals surface area contributed by atoms with Crippen LogP contribution in [0.1, 0.15) is 65.5 Å². The molecule has 0 atom stereocenters. The summed E-state index contributed by atoms with van der Waals surface area (Å²) >= 11 is 3.61. The van der Waals surface area contributed by atoms with Crippen LogP contribution in [0.5, 0.6) is 0 Å². The third kappa shape index (κ3) is 6.12. The monoisotopic (exact) mass is 395 g/mol. The third-order valence-corrected chi connectivity index (χ3v) is 4.48. The molecule has 134 valence electrons. The lowest BCUT2D eigenvalue weighted by Crippen LogP contribution is -2.37. The molecule has 1 fully saturated rings. The molecule has 0 aliphatic heterocycles. The van der Waals surface area contributed by atoms with Gasteiger partial charge in [0.1, 0.15) is 5.60 Å². The van der Waals surface area contributed by atoms with E-state index in [2.05, 4.69) is 54.9 Å². The fourth-order valence-corrected chi connectivity index (χ4v) is 3.08. The van der Waals surface area contributed by atoms with E-state index >= 15 is 0 Å². The van der Waals surface area contributed by atoms with Crippen molar-refractivity contribution in [1.82, 2.24) is 4.90 Å². The summed E-state index contributed by atoms with van der Waals surface area (Å²) in [6.07, 6.45) is 2.21. The quantitative estimate of drug-likeness (QED) is 0.635. The van der Waals surface area contributed by atoms with Gasteiger partial charge in [0.15, 0.2) is 0 Å². The van der Waals surface area contributed by atoms with Gasteiger partial charge >= 0.3 is 6.09 Å². The van der Waals surface area contributed by atoms with E-state index in [1.54, 1.807) is 0 Å². The van der Waals surface area contributed by atoms with Crippen molar-refractivity contribution in [3.63, 3.8) is 0 Å². The van der Waals surface area contributed by atoms with Gasteiger partial charge in [0.25, 0.3) is 0 Å². The minimum atomic E-state index is -0.466. The molecule has 1 amide bonds. The van der Waals surface area contributed by atoms with Crippen LogP contribution in [0.25, 0.3) is 0 Å². The smallest absolute Gasteiger partial charge is 0.410 e. The number of ether oxygens (including phenoxy) is 1. The molecule has 4 heteroatoms. The summed E-state index contributed by atoms with van der Waals surface area (Å²) in [5.41, 5.74) is 2.02. The molecule has 1 aliphatic carbocycles. The molecule has 0 bridgehead atoms. The van der Waals surface area contributed by atoms with Gasteiger partial charge in [0, 0.05) is 17.6 Å². The van der Waals surface area contributed by atoms with Gasteiger partial charge in [-0.2, -0.15) is 0 Å². The predicted octanol–water partition coefficient (Wildman–Crippen LogP) is 5.89. The molecule has 0 radical (unpaired) electrons. The Hall–Kier alpha value is -1.03. The minimum Gasteiger partial charge on any atom is -0.444 e. The maximum atomic E-state index is 12.6. The first-order valence-corrected chi connectivity index (χ1v) is 9.51. The second kappa shape index (κ2) is 7.07. The summed E-state index contributed by atoms with van der Waals surface area (Å²) in [6.45, 7) is 13.7. The van der Waals surface area contributed by atoms with Gasteiger partial charge in [-0.3, -0.25) is 0 Å². The molecule has 1 aromatic carbocycles. The van der Waals surface area contributed by atoms with Crippen LogP contribution in [0, 0.1) is 5.92 Å². The number of amides is 1. The summed E-state index contributed by atoms with van der Waals surface area (Å²) in [4.78, 5) is 14.4. The number of benzene rings is 1. The van der Waals surface area contributed by atoms with Crippen molar-refractivity contribution in [2.45, 2.75) is 71.9 Å². The van der Waals surface area contributed by atoms with Crippen molar-refractivity contribution in [1.29, 1.82) is 0 Å². The number of hydrogen-bond donors (Lipinski definition) is 0. The molecule has 0 saturated heterocycles. The van der Waals surface area contributed by atoms with Gasteiger partial charge < -0.3 is 9.64 Å². The number of halogens is 1. The van der Waals surface area contributed by atoms with Crippen LogP contribution < -0.4 is 0 Å². The lowest BCUT2D eigenvalue weighted by Gasteiger charge is -2.28. The summed E-state index contributed by atoms with van der Waals surface area (Å²) < 4.78 is 6.66. The first-order chi connectivity index (χ1) is 10.9. The summed E-state index contributed by atoms with van der Waals surface area (Å²) in [5.74, 6) is 0.631. The van der Waals surface area contributed by atoms with Crippen LogP contribution in [0.15, 0.2) is 22.7 Å². The van der Waals surface area contributed by atoms with Gasteiger partial charge in [-0.05, 0) is 68.2 Å². The normalized spacial score (nSPS) is 15.3. The maximum absolute atomic E-state index is 12.6. The first-order valence-electron chi connectivity index (χ1n) is 8.72. The maximum Gasteiger partial charge on any atom is 0.410 e. The van der Waals surface area contributed by atoms with Crippen LogP contribution in [0.3, 0.4) is 0 Å². The topological polar surface area (TPSA) is 29.5 Å². The average Bonchev–Trinajstić information content (AvgIpc) is 3.18. The van der Waals surface area contributed by atoms with Crippen LogP contribution in [0.2, 0.25) is 0 Å². The van der Waals surface area contributed by atoms with Gasteiger partial charge in [-0.15, -0.1) is 0 Å². The van der Waals surface area contributed by atoms with E-state index in [1.807, 2.05) is 25.7 Å². The van der Waals surface area contributed by atoms with Crippen LogP contribution in [-0.2, 0) is 16.7 Å². The summed E-state index contributed by atoms with van der Waals surface area (Å²) in [5, 5.41) is 0. The van der Waals surface area contributed by atoms with Gasteiger partial charge in [-0.1, -0.05) is 42.8 Å². The molecular weight excluding hydrogens is 366 g/mol. The number of nitrogens with zero attached hydrogens (tertiary/aromatic N) is 1. The van der Waals surface area contributed by atoms with Crippen LogP contribution in [0.4, 0.5) is 4.79 Å². The van der Waals surface area contributed by atoms with Gasteiger partial charge in [0.2, 0.25) is 0 Å². The van der Waals surface area contributed by atoms with E-state index in [4.69, 9.17) is 4.74 Å². The Balaban J connectivity index is 2.19. The number of hydrogen-bond acceptors (Lipinski definition) is 2. The molecule has 1 aliphatic rings. The Kier molecular flexibility index (Phi) is 5.68. The molecule has 3 nitrogen and oxygen atoms in total. The van der Waals surface area contributed by atoms with Crippen molar-refractivity contribution in [2.75, 3.05) is 6.54 Å². The lowest BCUT2D eigenvalue weighted by atomic mass is 9.86. The lowest BCUT2D eigenvalue weighted by molar-refractivity contribution is 0.0224. The van der Waals surface area contributed by atoms with Crippen molar-refractivity contribution >= 4 is 22.0 Å².